The molecule has 1 aliphatic heterocycles. The van der Waals surface area contributed by atoms with E-state index in [-0.39, 0.29) is 30.8 Å². The molecular formula is C41H98ClLiO8Si9. The van der Waals surface area contributed by atoms with Crippen molar-refractivity contribution in [3.8, 4) is 0 Å². The monoisotopic (exact) mass is 1010 g/mol. The molecule has 354 valence electrons. The molecule has 8 nitrogen and oxygen atoms in total. The van der Waals surface area contributed by atoms with Crippen LogP contribution >= 0.6 is 11.1 Å². The van der Waals surface area contributed by atoms with Crippen molar-refractivity contribution in [2.45, 2.75) is 213 Å². The van der Waals surface area contributed by atoms with Gasteiger partial charge in [-0.05, 0) is 148 Å². The quantitative estimate of drug-likeness (QED) is 0.0440. The average molecular weight is 1010 g/mol. The van der Waals surface area contributed by atoms with E-state index in [1.165, 1.54) is 24.2 Å². The van der Waals surface area contributed by atoms with E-state index in [1.807, 2.05) is 0 Å². The molecular weight excluding hydrogens is 916 g/mol. The third-order valence-electron chi connectivity index (χ3n) is 8.41. The molecule has 1 aliphatic rings. The third kappa shape index (κ3) is 55.2. The van der Waals surface area contributed by atoms with Gasteiger partial charge in [-0.3, -0.25) is 0 Å². The van der Waals surface area contributed by atoms with E-state index in [9.17, 15) is 14.4 Å². The summed E-state index contributed by atoms with van der Waals surface area (Å²) in [6.07, 6.45) is 1.71. The van der Waals surface area contributed by atoms with Gasteiger partial charge in [0.2, 0.25) is 0 Å². The fraction of sp³-hybridized carbons (Fsp3) is 0.854. The number of ether oxygens (including phenoxy) is 2. The predicted octanol–water partition coefficient (Wildman–Crippen LogP) is 10.9. The number of carbonyl (C=O) groups is 2. The summed E-state index contributed by atoms with van der Waals surface area (Å²) in [6, 6.07) is 8.53. The van der Waals surface area contributed by atoms with Crippen molar-refractivity contribution >= 4 is 96.7 Å². The van der Waals surface area contributed by atoms with Crippen molar-refractivity contribution in [1.29, 1.82) is 0 Å². The number of carbonyl (C=O) groups excluding carboxylic acids is 2. The van der Waals surface area contributed by atoms with Crippen LogP contribution in [0, 0.1) is 0 Å². The number of halogens is 1. The van der Waals surface area contributed by atoms with Gasteiger partial charge in [-0.2, -0.15) is 11.1 Å². The van der Waals surface area contributed by atoms with Gasteiger partial charge in [0.25, 0.3) is 0 Å². The molecule has 0 aliphatic carbocycles. The molecule has 0 amide bonds. The van der Waals surface area contributed by atoms with Crippen molar-refractivity contribution < 1.29 is 55.1 Å². The van der Waals surface area contributed by atoms with E-state index in [1.54, 1.807) is 33.5 Å². The Kier molecular flexibility index (Phi) is 35.5. The van der Waals surface area contributed by atoms with Gasteiger partial charge in [0.1, 0.15) is 0 Å². The minimum atomic E-state index is -1.86. The Morgan fingerprint density at radius 3 is 1.13 bits per heavy atom. The first-order valence-electron chi connectivity index (χ1n) is 21.9. The van der Waals surface area contributed by atoms with Crippen molar-refractivity contribution in [2.75, 3.05) is 13.2 Å². The number of hydrogen-bond acceptors (Lipinski definition) is 8. The van der Waals surface area contributed by atoms with Crippen LogP contribution in [0.15, 0.2) is 24.3 Å². The van der Waals surface area contributed by atoms with Crippen LogP contribution in [-0.2, 0) is 31.4 Å². The van der Waals surface area contributed by atoms with E-state index >= 15 is 0 Å². The standard InChI is InChI=1S/C18H42O4Si4.C9H17ClO2Si.C6H16OSi2.C5H14Si.C3H9OSi.Li/c1-17(2)18(19)20-13-12-14-24(6,7)22-26(10,11)16-15-25(8,9)21-23(3,4)5;1-8(2)9(11)12-6-5-7-13(3,4)10;1-8(2)5-6-9(3,4)7-8;1-5-6(2,3)4;1-5(2,3)4;/h1,12-16H2,2-11H3;1,5-7H2,2-4H3;5-6H2,1-4H3;5H2,1-4H3;1-3H3;/q;;;;-1;+1. The molecule has 0 aromatic heterocycles. The Labute approximate surface area is 399 Å². The van der Waals surface area contributed by atoms with Crippen LogP contribution in [0.1, 0.15) is 33.6 Å². The minimum Gasteiger partial charge on any atom is -0.859 e. The maximum absolute atomic E-state index is 11.4. The molecule has 0 N–H and O–H groups in total. The van der Waals surface area contributed by atoms with Crippen LogP contribution in [0.3, 0.4) is 0 Å². The smallest absolute Gasteiger partial charge is 0.859 e. The number of hydrogen-bond donors (Lipinski definition) is 0. The summed E-state index contributed by atoms with van der Waals surface area (Å²) in [5, 5.41) is 0. The van der Waals surface area contributed by atoms with Gasteiger partial charge in [0, 0.05) is 19.2 Å². The van der Waals surface area contributed by atoms with Crippen LogP contribution in [0.5, 0.6) is 0 Å². The molecule has 1 rings (SSSR count). The number of rotatable bonds is 18. The summed E-state index contributed by atoms with van der Waals surface area (Å²) < 4.78 is 29.3. The van der Waals surface area contributed by atoms with Gasteiger partial charge in [-0.1, -0.05) is 86.8 Å². The van der Waals surface area contributed by atoms with Crippen molar-refractivity contribution in [2.24, 2.45) is 0 Å². The fourth-order valence-electron chi connectivity index (χ4n) is 5.35. The second kappa shape index (κ2) is 30.4. The molecule has 1 fully saturated rings. The Morgan fingerprint density at radius 2 is 0.900 bits per heavy atom. The van der Waals surface area contributed by atoms with E-state index < -0.39 is 73.7 Å². The molecule has 19 heteroatoms. The molecule has 0 aromatic rings. The van der Waals surface area contributed by atoms with Crippen molar-refractivity contribution in [3.63, 3.8) is 0 Å². The van der Waals surface area contributed by atoms with Gasteiger partial charge in [-0.25, -0.2) is 9.59 Å². The first kappa shape index (κ1) is 70.1. The largest absolute Gasteiger partial charge is 1.00 e. The summed E-state index contributed by atoms with van der Waals surface area (Å²) >= 11 is 6.09. The summed E-state index contributed by atoms with van der Waals surface area (Å²) in [7, 11) is -12.8. The Bertz CT molecular complexity index is 1220. The SMILES string of the molecule is C=C(C)C(=O)OCCC[Si](C)(C)Cl.C=C(C)C(=O)OCCC[Si](C)(C)O[Si](C)(C)CC[Si](C)(C)O[Si](C)(C)C.CC[Si](C)(C)C.C[Si](C)(C)[O-].C[Si]1(C)CC[Si](C)(C)O1.[Li+]. The summed E-state index contributed by atoms with van der Waals surface area (Å²) in [6.45, 7) is 60.3. The van der Waals surface area contributed by atoms with Gasteiger partial charge in [0.15, 0.2) is 57.3 Å². The fourth-order valence-corrected chi connectivity index (χ4v) is 38.0. The summed E-state index contributed by atoms with van der Waals surface area (Å²) in [5.41, 5.74) is 0.904. The van der Waals surface area contributed by atoms with Crippen LogP contribution in [0.25, 0.3) is 0 Å². The molecule has 0 atom stereocenters. The van der Waals surface area contributed by atoms with Crippen LogP contribution in [0.4, 0.5) is 0 Å². The zero-order valence-corrected chi connectivity index (χ0v) is 54.1. The Balaban J connectivity index is -0.000000244. The summed E-state index contributed by atoms with van der Waals surface area (Å²) in [4.78, 5) is 32.6. The normalized spacial score (nSPS) is 15.1. The second-order valence-electron chi connectivity index (χ2n) is 23.0. The molecule has 1 saturated heterocycles. The Morgan fingerprint density at radius 1 is 0.617 bits per heavy atom. The van der Waals surface area contributed by atoms with E-state index in [4.69, 9.17) is 32.9 Å². The van der Waals surface area contributed by atoms with Gasteiger partial charge < -0.3 is 26.6 Å². The van der Waals surface area contributed by atoms with Gasteiger partial charge in [0.05, 0.1) is 13.2 Å². The van der Waals surface area contributed by atoms with Crippen molar-refractivity contribution in [1.82, 2.24) is 0 Å². The van der Waals surface area contributed by atoms with E-state index in [0.29, 0.717) is 24.4 Å². The van der Waals surface area contributed by atoms with E-state index in [2.05, 4.69) is 138 Å². The molecule has 0 bridgehead atoms. The minimum absolute atomic E-state index is 0. The van der Waals surface area contributed by atoms with Crippen LogP contribution in [0.2, 0.25) is 180 Å². The molecule has 60 heavy (non-hydrogen) atoms. The third-order valence-corrected chi connectivity index (χ3v) is 34.5. The maximum atomic E-state index is 11.4. The predicted molar refractivity (Wildman–Crippen MR) is 284 cm³/mol. The molecule has 0 unspecified atom stereocenters. The molecule has 0 radical (unpaired) electrons. The average Bonchev–Trinajstić information content (AvgIpc) is 3.24. The first-order chi connectivity index (χ1) is 25.8. The van der Waals surface area contributed by atoms with Gasteiger partial charge >= 0.3 is 30.8 Å². The molecule has 0 spiro atoms. The zero-order chi connectivity index (χ0) is 48.1. The first-order valence-corrected chi connectivity index (χ1v) is 52.2. The van der Waals surface area contributed by atoms with Gasteiger partial charge in [-0.15, -0.1) is 0 Å². The zero-order valence-electron chi connectivity index (χ0n) is 44.3. The molecule has 0 aromatic carbocycles. The maximum Gasteiger partial charge on any atom is 1.00 e. The summed E-state index contributed by atoms with van der Waals surface area (Å²) in [5.74, 6) is -0.608. The molecule has 1 heterocycles. The van der Waals surface area contributed by atoms with Crippen molar-refractivity contribution in [3.05, 3.63) is 24.3 Å². The van der Waals surface area contributed by atoms with Crippen LogP contribution < -0.4 is 23.7 Å². The Hall–Kier alpha value is 1.10. The van der Waals surface area contributed by atoms with E-state index in [0.717, 1.165) is 31.0 Å². The molecule has 0 saturated carbocycles. The van der Waals surface area contributed by atoms with Crippen LogP contribution in [-0.4, -0.2) is 98.8 Å². The number of esters is 2. The second-order valence-corrected chi connectivity index (χ2v) is 66.8. The topological polar surface area (TPSA) is 103 Å².